The molecule has 2 atom stereocenters. The second-order valence-corrected chi connectivity index (χ2v) is 5.19. The van der Waals surface area contributed by atoms with Crippen LogP contribution in [0.5, 0.6) is 0 Å². The van der Waals surface area contributed by atoms with E-state index in [0.717, 1.165) is 30.0 Å². The van der Waals surface area contributed by atoms with Gasteiger partial charge in [0.1, 0.15) is 6.07 Å². The largest absolute Gasteiger partial charge is 0.367 e. The van der Waals surface area contributed by atoms with Crippen molar-refractivity contribution in [3.63, 3.8) is 0 Å². The summed E-state index contributed by atoms with van der Waals surface area (Å²) in [6, 6.07) is 4.74. The molecule has 1 aliphatic rings. The van der Waals surface area contributed by atoms with Crippen molar-refractivity contribution < 1.29 is 0 Å². The van der Waals surface area contributed by atoms with Gasteiger partial charge in [-0.05, 0) is 45.7 Å². The molecule has 2 N–H and O–H groups in total. The molecular weight excluding hydrogens is 224 g/mol. The first-order valence-corrected chi connectivity index (χ1v) is 6.41. The van der Waals surface area contributed by atoms with Crippen LogP contribution in [0.25, 0.3) is 0 Å². The number of hydrogen-bond donors (Lipinski definition) is 1. The molecule has 0 saturated carbocycles. The summed E-state index contributed by atoms with van der Waals surface area (Å²) in [5.74, 6) is 0.528. The van der Waals surface area contributed by atoms with Crippen LogP contribution in [-0.2, 0) is 0 Å². The van der Waals surface area contributed by atoms with Crippen LogP contribution >= 0.6 is 0 Å². The Morgan fingerprint density at radius 2 is 2.28 bits per heavy atom. The minimum Gasteiger partial charge on any atom is -0.367 e. The second-order valence-electron chi connectivity index (χ2n) is 5.19. The summed E-state index contributed by atoms with van der Waals surface area (Å²) in [6.07, 6.45) is 1.10. The van der Waals surface area contributed by atoms with Crippen molar-refractivity contribution in [2.24, 2.45) is 11.7 Å². The number of nitrogens with zero attached hydrogens (tertiary/aromatic N) is 3. The summed E-state index contributed by atoms with van der Waals surface area (Å²) in [5.41, 5.74) is 9.26. The third kappa shape index (κ3) is 2.19. The molecule has 2 unspecified atom stereocenters. The van der Waals surface area contributed by atoms with E-state index >= 15 is 0 Å². The standard InChI is InChI=1S/C14H20N4/c1-9-4-14(13(7-16)11(3)17-9)18-8-12(6-15)5-10(18)2/h4,10,12H,5-6,8,15H2,1-3H3. The van der Waals surface area contributed by atoms with Gasteiger partial charge in [-0.2, -0.15) is 5.26 Å². The van der Waals surface area contributed by atoms with Crippen molar-refractivity contribution in [2.45, 2.75) is 33.2 Å². The van der Waals surface area contributed by atoms with Crippen molar-refractivity contribution >= 4 is 5.69 Å². The topological polar surface area (TPSA) is 65.9 Å². The van der Waals surface area contributed by atoms with Crippen LogP contribution in [0.15, 0.2) is 6.07 Å². The Morgan fingerprint density at radius 1 is 1.56 bits per heavy atom. The highest BCUT2D eigenvalue weighted by Crippen LogP contribution is 2.32. The van der Waals surface area contributed by atoms with Gasteiger partial charge in [-0.3, -0.25) is 4.98 Å². The Morgan fingerprint density at radius 3 is 2.83 bits per heavy atom. The summed E-state index contributed by atoms with van der Waals surface area (Å²) in [7, 11) is 0. The first-order valence-electron chi connectivity index (χ1n) is 6.41. The molecule has 2 heterocycles. The molecule has 1 aliphatic heterocycles. The third-order valence-electron chi connectivity index (χ3n) is 3.72. The molecule has 1 aromatic rings. The van der Waals surface area contributed by atoms with E-state index in [2.05, 4.69) is 22.9 Å². The number of aromatic nitrogens is 1. The molecule has 0 amide bonds. The fourth-order valence-electron chi connectivity index (χ4n) is 2.82. The van der Waals surface area contributed by atoms with Crippen LogP contribution in [0.4, 0.5) is 5.69 Å². The van der Waals surface area contributed by atoms with Crippen LogP contribution in [0.1, 0.15) is 30.3 Å². The molecule has 1 aromatic heterocycles. The lowest BCUT2D eigenvalue weighted by atomic mass is 10.1. The van der Waals surface area contributed by atoms with Gasteiger partial charge >= 0.3 is 0 Å². The highest BCUT2D eigenvalue weighted by atomic mass is 15.2. The lowest BCUT2D eigenvalue weighted by Crippen LogP contribution is -2.28. The molecule has 96 valence electrons. The van der Waals surface area contributed by atoms with Gasteiger partial charge in [0.25, 0.3) is 0 Å². The smallest absolute Gasteiger partial charge is 0.103 e. The molecule has 0 radical (unpaired) electrons. The number of rotatable bonds is 2. The lowest BCUT2D eigenvalue weighted by molar-refractivity contribution is 0.579. The zero-order valence-corrected chi connectivity index (χ0v) is 11.3. The van der Waals surface area contributed by atoms with Gasteiger partial charge in [-0.25, -0.2) is 0 Å². The first kappa shape index (κ1) is 12.8. The molecule has 2 rings (SSSR count). The number of pyridine rings is 1. The predicted octanol–water partition coefficient (Wildman–Crippen LogP) is 1.74. The number of nitriles is 1. The number of aryl methyl sites for hydroxylation is 2. The van der Waals surface area contributed by atoms with Crippen LogP contribution in [0.2, 0.25) is 0 Å². The summed E-state index contributed by atoms with van der Waals surface area (Å²) in [4.78, 5) is 6.67. The Balaban J connectivity index is 2.42. The number of nitrogens with two attached hydrogens (primary N) is 1. The maximum absolute atomic E-state index is 9.32. The van der Waals surface area contributed by atoms with Crippen molar-refractivity contribution in [3.05, 3.63) is 23.0 Å². The van der Waals surface area contributed by atoms with E-state index in [0.29, 0.717) is 24.1 Å². The quantitative estimate of drug-likeness (QED) is 0.860. The van der Waals surface area contributed by atoms with Gasteiger partial charge in [-0.1, -0.05) is 0 Å². The van der Waals surface area contributed by atoms with E-state index < -0.39 is 0 Å². The first-order chi connectivity index (χ1) is 8.56. The van der Waals surface area contributed by atoms with E-state index in [9.17, 15) is 5.26 Å². The summed E-state index contributed by atoms with van der Waals surface area (Å²) in [5, 5.41) is 9.32. The van der Waals surface area contributed by atoms with Gasteiger partial charge in [0, 0.05) is 18.3 Å². The molecule has 1 fully saturated rings. The molecule has 18 heavy (non-hydrogen) atoms. The van der Waals surface area contributed by atoms with E-state index in [-0.39, 0.29) is 0 Å². The zero-order valence-electron chi connectivity index (χ0n) is 11.3. The Bertz CT molecular complexity index is 489. The second kappa shape index (κ2) is 4.95. The normalized spacial score (nSPS) is 23.2. The summed E-state index contributed by atoms with van der Waals surface area (Å²) >= 11 is 0. The minimum atomic E-state index is 0.437. The number of hydrogen-bond acceptors (Lipinski definition) is 4. The van der Waals surface area contributed by atoms with Gasteiger partial charge in [-0.15, -0.1) is 0 Å². The Labute approximate surface area is 108 Å². The lowest BCUT2D eigenvalue weighted by Gasteiger charge is -2.25. The fourth-order valence-corrected chi connectivity index (χ4v) is 2.82. The molecule has 4 nitrogen and oxygen atoms in total. The van der Waals surface area contributed by atoms with Crippen LogP contribution in [0, 0.1) is 31.1 Å². The third-order valence-corrected chi connectivity index (χ3v) is 3.72. The van der Waals surface area contributed by atoms with Gasteiger partial charge in [0.05, 0.1) is 16.9 Å². The van der Waals surface area contributed by atoms with Gasteiger partial charge in [0.15, 0.2) is 0 Å². The monoisotopic (exact) mass is 244 g/mol. The van der Waals surface area contributed by atoms with Crippen LogP contribution in [0.3, 0.4) is 0 Å². The van der Waals surface area contributed by atoms with Crippen LogP contribution < -0.4 is 10.6 Å². The minimum absolute atomic E-state index is 0.437. The average Bonchev–Trinajstić information content (AvgIpc) is 2.69. The Kier molecular flexibility index (Phi) is 3.53. The van der Waals surface area contributed by atoms with E-state index in [1.165, 1.54) is 0 Å². The predicted molar refractivity (Wildman–Crippen MR) is 72.4 cm³/mol. The molecular formula is C14H20N4. The van der Waals surface area contributed by atoms with E-state index in [1.54, 1.807) is 0 Å². The van der Waals surface area contributed by atoms with Crippen LogP contribution in [-0.4, -0.2) is 24.1 Å². The van der Waals surface area contributed by atoms with Crippen molar-refractivity contribution in [2.75, 3.05) is 18.0 Å². The molecule has 0 aromatic carbocycles. The average molecular weight is 244 g/mol. The number of anilines is 1. The molecule has 4 heteroatoms. The van der Waals surface area contributed by atoms with Crippen molar-refractivity contribution in [1.29, 1.82) is 5.26 Å². The van der Waals surface area contributed by atoms with Gasteiger partial charge in [0.2, 0.25) is 0 Å². The highest BCUT2D eigenvalue weighted by Gasteiger charge is 2.30. The molecule has 0 bridgehead atoms. The maximum Gasteiger partial charge on any atom is 0.103 e. The van der Waals surface area contributed by atoms with E-state index in [1.807, 2.05) is 19.9 Å². The summed E-state index contributed by atoms with van der Waals surface area (Å²) in [6.45, 7) is 7.72. The molecule has 0 aliphatic carbocycles. The molecule has 1 saturated heterocycles. The highest BCUT2D eigenvalue weighted by molar-refractivity contribution is 5.62. The van der Waals surface area contributed by atoms with Crippen molar-refractivity contribution in [3.8, 4) is 6.07 Å². The fraction of sp³-hybridized carbons (Fsp3) is 0.571. The van der Waals surface area contributed by atoms with Gasteiger partial charge < -0.3 is 10.6 Å². The van der Waals surface area contributed by atoms with Crippen molar-refractivity contribution in [1.82, 2.24) is 4.98 Å². The van der Waals surface area contributed by atoms with E-state index in [4.69, 9.17) is 5.73 Å². The Hall–Kier alpha value is -1.60. The SMILES string of the molecule is Cc1cc(N2CC(CN)CC2C)c(C#N)c(C)n1. The summed E-state index contributed by atoms with van der Waals surface area (Å²) < 4.78 is 0. The maximum atomic E-state index is 9.32. The molecule has 0 spiro atoms. The zero-order chi connectivity index (χ0) is 13.3.